The van der Waals surface area contributed by atoms with E-state index in [2.05, 4.69) is 28.0 Å². The number of hydrogen-bond donors (Lipinski definition) is 2. The Kier molecular flexibility index (Phi) is 4.33. The summed E-state index contributed by atoms with van der Waals surface area (Å²) in [7, 11) is 0. The van der Waals surface area contributed by atoms with Crippen LogP contribution in [0.5, 0.6) is 0 Å². The highest BCUT2D eigenvalue weighted by Gasteiger charge is 2.50. The van der Waals surface area contributed by atoms with Gasteiger partial charge in [0.15, 0.2) is 0 Å². The van der Waals surface area contributed by atoms with Crippen molar-refractivity contribution in [3.8, 4) is 0 Å². The predicted octanol–water partition coefficient (Wildman–Crippen LogP) is 2.08. The number of nitrogens with one attached hydrogen (secondary N) is 1. The maximum absolute atomic E-state index is 11.5. The standard InChI is InChI=1S/C18H25N3O2S/c1-13(20-22)15-8-14-4-7-21(10-17(14)19-9-15)16-2-5-18(6-3-16)11-24(23)12-18/h8-9,16,20,22H,1-7,10-12H2. The molecule has 1 aromatic rings. The summed E-state index contributed by atoms with van der Waals surface area (Å²) in [6.07, 6.45) is 7.72. The zero-order valence-corrected chi connectivity index (χ0v) is 14.8. The zero-order valence-electron chi connectivity index (χ0n) is 14.0. The molecule has 0 unspecified atom stereocenters. The van der Waals surface area contributed by atoms with Gasteiger partial charge in [0.2, 0.25) is 0 Å². The van der Waals surface area contributed by atoms with Gasteiger partial charge in [-0.1, -0.05) is 17.8 Å². The molecule has 4 rings (SSSR count). The molecule has 3 heterocycles. The third kappa shape index (κ3) is 2.96. The molecule has 1 saturated carbocycles. The van der Waals surface area contributed by atoms with Crippen molar-refractivity contribution in [2.75, 3.05) is 18.1 Å². The maximum Gasteiger partial charge on any atom is 0.115 e. The molecule has 24 heavy (non-hydrogen) atoms. The number of hydrogen-bond acceptors (Lipinski definition) is 5. The van der Waals surface area contributed by atoms with Gasteiger partial charge >= 0.3 is 0 Å². The smallest absolute Gasteiger partial charge is 0.115 e. The van der Waals surface area contributed by atoms with Crippen LogP contribution in [0.3, 0.4) is 0 Å². The first kappa shape index (κ1) is 16.4. The van der Waals surface area contributed by atoms with Gasteiger partial charge in [-0.25, -0.2) is 0 Å². The van der Waals surface area contributed by atoms with Crippen LogP contribution in [0.4, 0.5) is 0 Å². The van der Waals surface area contributed by atoms with Crippen LogP contribution in [0.15, 0.2) is 18.8 Å². The summed E-state index contributed by atoms with van der Waals surface area (Å²) >= 11 is -0.535. The fraction of sp³-hybridized carbons (Fsp3) is 0.611. The monoisotopic (exact) mass is 347 g/mol. The number of rotatable bonds is 3. The second kappa shape index (κ2) is 6.33. The molecule has 3 aliphatic rings. The molecule has 0 atom stereocenters. The number of hydroxylamine groups is 1. The molecule has 0 radical (unpaired) electrons. The van der Waals surface area contributed by atoms with Crippen LogP contribution in [-0.2, 0) is 24.1 Å². The number of nitrogens with zero attached hydrogens (tertiary/aromatic N) is 2. The summed E-state index contributed by atoms with van der Waals surface area (Å²) in [5, 5.41) is 8.98. The number of fused-ring (bicyclic) bond motifs is 1. The highest BCUT2D eigenvalue weighted by molar-refractivity contribution is 7.92. The fourth-order valence-electron chi connectivity index (χ4n) is 4.48. The van der Waals surface area contributed by atoms with E-state index in [1.165, 1.54) is 31.2 Å². The van der Waals surface area contributed by atoms with Gasteiger partial charge < -0.3 is 4.55 Å². The minimum Gasteiger partial charge on any atom is -0.616 e. The average Bonchev–Trinajstić information content (AvgIpc) is 2.59. The SMILES string of the molecule is C=C(NO)c1cnc2c(c1)CCN(C1CCC3(CC1)C[S+]([O-])C3)C2. The zero-order chi connectivity index (χ0) is 16.7. The summed E-state index contributed by atoms with van der Waals surface area (Å²) in [5.41, 5.74) is 6.28. The third-order valence-corrected chi connectivity index (χ3v) is 7.90. The van der Waals surface area contributed by atoms with Crippen molar-refractivity contribution >= 4 is 16.9 Å². The molecule has 1 aromatic heterocycles. The van der Waals surface area contributed by atoms with Crippen LogP contribution in [0, 0.1) is 5.41 Å². The molecular formula is C18H25N3O2S. The molecule has 1 spiro atoms. The Labute approximate surface area is 146 Å². The Morgan fingerprint density at radius 3 is 2.83 bits per heavy atom. The van der Waals surface area contributed by atoms with Crippen molar-refractivity contribution < 1.29 is 9.76 Å². The van der Waals surface area contributed by atoms with Crippen LogP contribution in [0.2, 0.25) is 0 Å². The molecule has 1 saturated heterocycles. The quantitative estimate of drug-likeness (QED) is 0.647. The van der Waals surface area contributed by atoms with Crippen molar-refractivity contribution in [2.24, 2.45) is 5.41 Å². The van der Waals surface area contributed by atoms with Gasteiger partial charge in [-0.05, 0) is 43.7 Å². The van der Waals surface area contributed by atoms with Crippen molar-refractivity contribution in [3.63, 3.8) is 0 Å². The van der Waals surface area contributed by atoms with Gasteiger partial charge in [-0.3, -0.25) is 20.6 Å². The van der Waals surface area contributed by atoms with Crippen LogP contribution < -0.4 is 5.48 Å². The Bertz CT molecular complexity index is 635. The Hall–Kier alpha value is -1.08. The minimum absolute atomic E-state index is 0.417. The van der Waals surface area contributed by atoms with Gasteiger partial charge in [0.25, 0.3) is 0 Å². The molecule has 0 bridgehead atoms. The first-order valence-corrected chi connectivity index (χ1v) is 10.2. The van der Waals surface area contributed by atoms with Gasteiger partial charge in [-0.15, -0.1) is 0 Å². The number of aromatic nitrogens is 1. The lowest BCUT2D eigenvalue weighted by atomic mass is 9.74. The Morgan fingerprint density at radius 1 is 1.42 bits per heavy atom. The van der Waals surface area contributed by atoms with Crippen LogP contribution in [0.25, 0.3) is 5.70 Å². The highest BCUT2D eigenvalue weighted by atomic mass is 32.2. The summed E-state index contributed by atoms with van der Waals surface area (Å²) < 4.78 is 11.5. The normalized spacial score (nSPS) is 32.9. The van der Waals surface area contributed by atoms with E-state index in [9.17, 15) is 4.55 Å². The summed E-state index contributed by atoms with van der Waals surface area (Å²) in [4.78, 5) is 7.19. The summed E-state index contributed by atoms with van der Waals surface area (Å²) in [6.45, 7) is 5.77. The maximum atomic E-state index is 11.5. The lowest BCUT2D eigenvalue weighted by Crippen LogP contribution is -2.53. The molecule has 2 N–H and O–H groups in total. The van der Waals surface area contributed by atoms with Gasteiger partial charge in [0.1, 0.15) is 11.5 Å². The predicted molar refractivity (Wildman–Crippen MR) is 94.9 cm³/mol. The van der Waals surface area contributed by atoms with E-state index in [4.69, 9.17) is 5.21 Å². The fourth-order valence-corrected chi connectivity index (χ4v) is 6.34. The molecule has 5 nitrogen and oxygen atoms in total. The third-order valence-electron chi connectivity index (χ3n) is 6.03. The van der Waals surface area contributed by atoms with Crippen LogP contribution >= 0.6 is 0 Å². The van der Waals surface area contributed by atoms with Crippen LogP contribution in [0.1, 0.15) is 42.5 Å². The number of pyridine rings is 1. The molecule has 130 valence electrons. The van der Waals surface area contributed by atoms with E-state index < -0.39 is 11.2 Å². The largest absolute Gasteiger partial charge is 0.616 e. The molecule has 2 fully saturated rings. The second-order valence-electron chi connectivity index (χ2n) is 7.60. The molecule has 1 aliphatic carbocycles. The van der Waals surface area contributed by atoms with Crippen molar-refractivity contribution in [3.05, 3.63) is 35.7 Å². The van der Waals surface area contributed by atoms with E-state index >= 15 is 0 Å². The van der Waals surface area contributed by atoms with Gasteiger partial charge in [0, 0.05) is 30.9 Å². The molecule has 2 aliphatic heterocycles. The Balaban J connectivity index is 1.39. The van der Waals surface area contributed by atoms with Crippen LogP contribution in [-0.4, -0.2) is 43.7 Å². The lowest BCUT2D eigenvalue weighted by molar-refractivity contribution is 0.0915. The van der Waals surface area contributed by atoms with Crippen molar-refractivity contribution in [1.82, 2.24) is 15.4 Å². The first-order chi connectivity index (χ1) is 11.6. The minimum atomic E-state index is -0.535. The van der Waals surface area contributed by atoms with E-state index in [-0.39, 0.29) is 0 Å². The second-order valence-corrected chi connectivity index (χ2v) is 9.06. The van der Waals surface area contributed by atoms with E-state index in [1.807, 2.05) is 0 Å². The van der Waals surface area contributed by atoms with E-state index in [0.29, 0.717) is 17.2 Å². The van der Waals surface area contributed by atoms with Gasteiger partial charge in [-0.2, -0.15) is 0 Å². The highest BCUT2D eigenvalue weighted by Crippen LogP contribution is 2.46. The molecule has 6 heteroatoms. The average molecular weight is 347 g/mol. The van der Waals surface area contributed by atoms with Crippen molar-refractivity contribution in [2.45, 2.75) is 44.7 Å². The first-order valence-electron chi connectivity index (χ1n) is 8.75. The molecule has 0 aromatic carbocycles. The topological polar surface area (TPSA) is 71.5 Å². The van der Waals surface area contributed by atoms with E-state index in [1.54, 1.807) is 6.20 Å². The summed E-state index contributed by atoms with van der Waals surface area (Å²) in [5.74, 6) is 1.88. The Morgan fingerprint density at radius 2 is 2.17 bits per heavy atom. The van der Waals surface area contributed by atoms with Crippen molar-refractivity contribution in [1.29, 1.82) is 0 Å². The summed E-state index contributed by atoms with van der Waals surface area (Å²) in [6, 6.07) is 2.73. The van der Waals surface area contributed by atoms with E-state index in [0.717, 1.165) is 42.3 Å². The lowest BCUT2D eigenvalue weighted by Gasteiger charge is -2.48. The van der Waals surface area contributed by atoms with Gasteiger partial charge in [0.05, 0.1) is 16.8 Å². The molecular weight excluding hydrogens is 322 g/mol. The molecule has 0 amide bonds.